The van der Waals surface area contributed by atoms with Crippen LogP contribution in [0.3, 0.4) is 0 Å². The molecule has 3 aromatic rings. The Morgan fingerprint density at radius 1 is 1.03 bits per heavy atom. The van der Waals surface area contributed by atoms with Crippen LogP contribution < -0.4 is 10.6 Å². The second-order valence-corrected chi connectivity index (χ2v) is 9.83. The lowest BCUT2D eigenvalue weighted by atomic mass is 9.96. The second kappa shape index (κ2) is 13.2. The van der Waals surface area contributed by atoms with Gasteiger partial charge in [-0.25, -0.2) is 4.79 Å². The van der Waals surface area contributed by atoms with Gasteiger partial charge in [-0.3, -0.25) is 19.8 Å². The van der Waals surface area contributed by atoms with Gasteiger partial charge < -0.3 is 14.8 Å². The van der Waals surface area contributed by atoms with E-state index in [1.165, 1.54) is 12.0 Å². The third-order valence-electron chi connectivity index (χ3n) is 6.39. The highest BCUT2D eigenvalue weighted by Gasteiger charge is 2.35. The van der Waals surface area contributed by atoms with Crippen molar-refractivity contribution in [1.29, 1.82) is 0 Å². The zero-order valence-electron chi connectivity index (χ0n) is 21.1. The molecule has 0 aliphatic carbocycles. The minimum atomic E-state index is -0.645. The molecule has 1 heterocycles. The van der Waals surface area contributed by atoms with E-state index < -0.39 is 24.1 Å². The summed E-state index contributed by atoms with van der Waals surface area (Å²) in [6, 6.07) is 23.6. The fourth-order valence-corrected chi connectivity index (χ4v) is 4.85. The molecule has 0 unspecified atom stereocenters. The molecule has 2 amide bonds. The Morgan fingerprint density at radius 2 is 1.74 bits per heavy atom. The molecule has 0 aromatic heterocycles. The maximum Gasteiger partial charge on any atom is 0.410 e. The second-order valence-electron chi connectivity index (χ2n) is 8.91. The van der Waals surface area contributed by atoms with E-state index in [4.69, 9.17) is 9.47 Å². The van der Waals surface area contributed by atoms with Gasteiger partial charge in [-0.15, -0.1) is 0 Å². The minimum Gasteiger partial charge on any atom is -0.468 e. The lowest BCUT2D eigenvalue weighted by Gasteiger charge is -2.26. The van der Waals surface area contributed by atoms with E-state index in [2.05, 4.69) is 26.6 Å². The van der Waals surface area contributed by atoms with Crippen molar-refractivity contribution in [3.8, 4) is 0 Å². The molecule has 1 aliphatic heterocycles. The van der Waals surface area contributed by atoms with Crippen LogP contribution in [0.5, 0.6) is 0 Å². The van der Waals surface area contributed by atoms with Gasteiger partial charge in [0.2, 0.25) is 5.91 Å². The van der Waals surface area contributed by atoms with Gasteiger partial charge in [-0.1, -0.05) is 76.6 Å². The van der Waals surface area contributed by atoms with Crippen LogP contribution in [0.4, 0.5) is 10.5 Å². The molecule has 2 N–H and O–H groups in total. The van der Waals surface area contributed by atoms with Crippen LogP contribution in [0.25, 0.3) is 0 Å². The third kappa shape index (κ3) is 6.99. The van der Waals surface area contributed by atoms with Crippen molar-refractivity contribution in [3.63, 3.8) is 0 Å². The summed E-state index contributed by atoms with van der Waals surface area (Å²) in [4.78, 5) is 39.7. The van der Waals surface area contributed by atoms with Crippen LogP contribution in [-0.4, -0.2) is 49.1 Å². The lowest BCUT2D eigenvalue weighted by Crippen LogP contribution is -2.43. The molecule has 4 rings (SSSR count). The van der Waals surface area contributed by atoms with E-state index in [0.29, 0.717) is 25.1 Å². The van der Waals surface area contributed by atoms with Crippen LogP contribution in [-0.2, 0) is 25.7 Å². The van der Waals surface area contributed by atoms with Crippen LogP contribution in [0.1, 0.15) is 35.6 Å². The van der Waals surface area contributed by atoms with Crippen molar-refractivity contribution < 1.29 is 23.9 Å². The fourth-order valence-electron chi connectivity index (χ4n) is 4.47. The monoisotopic (exact) mass is 579 g/mol. The number of halogens is 1. The number of rotatable bonds is 9. The molecule has 1 fully saturated rings. The number of nitrogens with zero attached hydrogens (tertiary/aromatic N) is 1. The van der Waals surface area contributed by atoms with Gasteiger partial charge in [0.05, 0.1) is 19.7 Å². The Labute approximate surface area is 230 Å². The van der Waals surface area contributed by atoms with Crippen molar-refractivity contribution in [2.24, 2.45) is 0 Å². The van der Waals surface area contributed by atoms with Crippen molar-refractivity contribution in [1.82, 2.24) is 10.2 Å². The molecule has 0 radical (unpaired) electrons. The van der Waals surface area contributed by atoms with Crippen molar-refractivity contribution in [2.75, 3.05) is 25.5 Å². The minimum absolute atomic E-state index is 0.0143. The molecule has 8 nitrogen and oxygen atoms in total. The van der Waals surface area contributed by atoms with Crippen LogP contribution in [0.15, 0.2) is 83.3 Å². The highest BCUT2D eigenvalue weighted by Crippen LogP contribution is 2.32. The van der Waals surface area contributed by atoms with E-state index in [1.54, 1.807) is 6.07 Å². The average Bonchev–Trinajstić information content (AvgIpc) is 3.44. The summed E-state index contributed by atoms with van der Waals surface area (Å²) in [6.07, 6.45) is 0.740. The molecule has 198 valence electrons. The Kier molecular flexibility index (Phi) is 9.51. The van der Waals surface area contributed by atoms with Gasteiger partial charge in [-0.05, 0) is 47.7 Å². The molecule has 1 aliphatic rings. The predicted molar refractivity (Wildman–Crippen MR) is 147 cm³/mol. The molecule has 0 spiro atoms. The van der Waals surface area contributed by atoms with Gasteiger partial charge in [0.15, 0.2) is 0 Å². The molecule has 38 heavy (non-hydrogen) atoms. The summed E-state index contributed by atoms with van der Waals surface area (Å²) in [5.74, 6) is -0.690. The summed E-state index contributed by atoms with van der Waals surface area (Å²) >= 11 is 3.53. The molecule has 0 bridgehead atoms. The SMILES string of the molecule is COC(=O)CN[C@H](c1ccccc1)c1cc(Br)ccc1NC(=O)[C@@H]1CCCN1C(=O)OCc1ccccc1. The van der Waals surface area contributed by atoms with E-state index in [1.807, 2.05) is 72.8 Å². The van der Waals surface area contributed by atoms with Gasteiger partial charge in [0, 0.05) is 16.7 Å². The number of amides is 2. The number of methoxy groups -OCH3 is 1. The number of benzene rings is 3. The quantitative estimate of drug-likeness (QED) is 0.345. The van der Waals surface area contributed by atoms with E-state index in [-0.39, 0.29) is 19.1 Å². The highest BCUT2D eigenvalue weighted by atomic mass is 79.9. The smallest absolute Gasteiger partial charge is 0.410 e. The first-order valence-electron chi connectivity index (χ1n) is 12.4. The summed E-state index contributed by atoms with van der Waals surface area (Å²) in [7, 11) is 1.34. The third-order valence-corrected chi connectivity index (χ3v) is 6.88. The number of anilines is 1. The Balaban J connectivity index is 1.52. The van der Waals surface area contributed by atoms with Crippen molar-refractivity contribution in [2.45, 2.75) is 31.5 Å². The van der Waals surface area contributed by atoms with Gasteiger partial charge in [0.1, 0.15) is 12.6 Å². The van der Waals surface area contributed by atoms with Gasteiger partial charge in [0.25, 0.3) is 0 Å². The number of nitrogens with one attached hydrogen (secondary N) is 2. The maximum absolute atomic E-state index is 13.4. The normalized spacial score (nSPS) is 15.5. The topological polar surface area (TPSA) is 97.0 Å². The van der Waals surface area contributed by atoms with E-state index in [9.17, 15) is 14.4 Å². The first kappa shape index (κ1) is 27.3. The number of esters is 1. The number of likely N-dealkylation sites (tertiary alicyclic amines) is 1. The zero-order chi connectivity index (χ0) is 26.9. The Hall–Kier alpha value is -3.69. The van der Waals surface area contributed by atoms with E-state index >= 15 is 0 Å². The Morgan fingerprint density at radius 3 is 2.45 bits per heavy atom. The van der Waals surface area contributed by atoms with Crippen LogP contribution in [0.2, 0.25) is 0 Å². The first-order valence-corrected chi connectivity index (χ1v) is 13.2. The molecule has 9 heteroatoms. The van der Waals surface area contributed by atoms with Crippen LogP contribution >= 0.6 is 15.9 Å². The number of carbonyl (C=O) groups excluding carboxylic acids is 3. The zero-order valence-corrected chi connectivity index (χ0v) is 22.6. The predicted octanol–water partition coefficient (Wildman–Crippen LogP) is 5.04. The maximum atomic E-state index is 13.4. The average molecular weight is 580 g/mol. The number of ether oxygens (including phenoxy) is 2. The molecule has 3 aromatic carbocycles. The molecular weight excluding hydrogens is 550 g/mol. The molecule has 1 saturated heterocycles. The van der Waals surface area contributed by atoms with Crippen LogP contribution in [0, 0.1) is 0 Å². The summed E-state index contributed by atoms with van der Waals surface area (Å²) in [5, 5.41) is 6.27. The molecular formula is C29H30BrN3O5. The fraction of sp³-hybridized carbons (Fsp3) is 0.276. The highest BCUT2D eigenvalue weighted by molar-refractivity contribution is 9.10. The first-order chi connectivity index (χ1) is 18.5. The number of carbonyl (C=O) groups is 3. The number of hydrogen-bond donors (Lipinski definition) is 2. The lowest BCUT2D eigenvalue weighted by molar-refractivity contribution is -0.139. The largest absolute Gasteiger partial charge is 0.468 e. The van der Waals surface area contributed by atoms with Gasteiger partial charge in [-0.2, -0.15) is 0 Å². The molecule has 2 atom stereocenters. The Bertz CT molecular complexity index is 1260. The van der Waals surface area contributed by atoms with Crippen molar-refractivity contribution >= 4 is 39.6 Å². The summed E-state index contributed by atoms with van der Waals surface area (Å²) in [5.41, 5.74) is 3.14. The van der Waals surface area contributed by atoms with Crippen molar-refractivity contribution in [3.05, 3.63) is 100 Å². The summed E-state index contributed by atoms with van der Waals surface area (Å²) < 4.78 is 11.1. The van der Waals surface area contributed by atoms with E-state index in [0.717, 1.165) is 21.2 Å². The summed E-state index contributed by atoms with van der Waals surface area (Å²) in [6.45, 7) is 0.581. The standard InChI is InChI=1S/C29H30BrN3O5/c1-37-26(34)18-31-27(21-11-6-3-7-12-21)23-17-22(30)14-15-24(23)32-28(35)25-13-8-16-33(25)29(36)38-19-20-9-4-2-5-10-20/h2-7,9-12,14-15,17,25,27,31H,8,13,16,18-19H2,1H3,(H,32,35)/t25-,27+/m0/s1. The van der Waals surface area contributed by atoms with Gasteiger partial charge >= 0.3 is 12.1 Å². The number of hydrogen-bond acceptors (Lipinski definition) is 6. The molecule has 0 saturated carbocycles.